The fourth-order valence-corrected chi connectivity index (χ4v) is 8.60. The molecular weight excluding hydrogens is 843 g/mol. The lowest BCUT2D eigenvalue weighted by molar-refractivity contribution is -0.149. The molecule has 2 aliphatic rings. The van der Waals surface area contributed by atoms with E-state index in [0.717, 1.165) is 42.0 Å². The van der Waals surface area contributed by atoms with Gasteiger partial charge in [-0.1, -0.05) is 30.0 Å². The maximum absolute atomic E-state index is 13.5. The molecule has 16 heteroatoms. The number of carbonyl (C=O) groups excluding carboxylic acids is 5. The molecule has 1 N–H and O–H groups in total. The van der Waals surface area contributed by atoms with Gasteiger partial charge in [0.05, 0.1) is 73.6 Å². The molecule has 0 unspecified atom stereocenters. The molecule has 0 amide bonds. The number of nitrogens with zero attached hydrogens (tertiary/aromatic N) is 3. The summed E-state index contributed by atoms with van der Waals surface area (Å²) in [5.41, 5.74) is 1.14. The van der Waals surface area contributed by atoms with Crippen molar-refractivity contribution in [3.63, 3.8) is 0 Å². The molecule has 0 saturated heterocycles. The van der Waals surface area contributed by atoms with Crippen LogP contribution in [0.15, 0.2) is 84.5 Å². The third-order valence-corrected chi connectivity index (χ3v) is 12.4. The number of carbonyl (C=O) groups is 5. The van der Waals surface area contributed by atoms with Crippen molar-refractivity contribution < 1.29 is 57.5 Å². The Kier molecular flexibility index (Phi) is 17.8. The second kappa shape index (κ2) is 24.1. The predicted molar refractivity (Wildman–Crippen MR) is 239 cm³/mol. The lowest BCUT2D eigenvalue weighted by Gasteiger charge is -2.26. The van der Waals surface area contributed by atoms with Crippen LogP contribution in [0.5, 0.6) is 23.0 Å². The van der Waals surface area contributed by atoms with Gasteiger partial charge in [-0.25, -0.2) is 14.8 Å². The summed E-state index contributed by atoms with van der Waals surface area (Å²) in [5, 5.41) is 16.6. The van der Waals surface area contributed by atoms with Gasteiger partial charge in [0, 0.05) is 11.6 Å². The molecule has 2 saturated carbocycles. The zero-order valence-electron chi connectivity index (χ0n) is 36.0. The van der Waals surface area contributed by atoms with Crippen LogP contribution in [0.3, 0.4) is 0 Å². The van der Waals surface area contributed by atoms with Crippen molar-refractivity contribution in [2.24, 2.45) is 28.8 Å². The molecule has 0 aliphatic heterocycles. The highest BCUT2D eigenvalue weighted by Crippen LogP contribution is 2.35. The normalized spacial score (nSPS) is 18.5. The second-order valence-electron chi connectivity index (χ2n) is 15.7. The monoisotopic (exact) mass is 897 g/mol. The highest BCUT2D eigenvalue weighted by atomic mass is 32.1. The molecule has 0 atom stereocenters. The molecule has 0 spiro atoms. The first kappa shape index (κ1) is 47.4. The van der Waals surface area contributed by atoms with Crippen molar-refractivity contribution in [3.8, 4) is 23.0 Å². The first-order chi connectivity index (χ1) is 31.1. The third-order valence-electron chi connectivity index (χ3n) is 11.3. The van der Waals surface area contributed by atoms with E-state index in [9.17, 15) is 29.1 Å². The number of rotatable bonds is 21. The summed E-state index contributed by atoms with van der Waals surface area (Å²) >= 11 is 1.41. The quantitative estimate of drug-likeness (QED) is 0.0211. The number of thiazole rings is 1. The van der Waals surface area contributed by atoms with E-state index in [2.05, 4.69) is 16.7 Å². The number of para-hydroxylation sites is 1. The summed E-state index contributed by atoms with van der Waals surface area (Å²) in [6.07, 6.45) is 9.89. The number of aliphatic hydroxyl groups excluding tert-OH is 1. The summed E-state index contributed by atoms with van der Waals surface area (Å²) in [5.74, 6) is -1.91. The van der Waals surface area contributed by atoms with Crippen molar-refractivity contribution in [1.82, 2.24) is 4.98 Å². The number of hydrogen-bond acceptors (Lipinski definition) is 16. The largest absolute Gasteiger partial charge is 0.494 e. The van der Waals surface area contributed by atoms with E-state index in [0.29, 0.717) is 86.8 Å². The van der Waals surface area contributed by atoms with Gasteiger partial charge in [0.15, 0.2) is 0 Å². The fraction of sp³-hybridized carbons (Fsp3) is 0.438. The number of unbranched alkanes of at least 4 members (excludes halogenated alkanes) is 3. The number of anilines is 1. The molecule has 64 heavy (non-hydrogen) atoms. The molecule has 340 valence electrons. The van der Waals surface area contributed by atoms with E-state index in [-0.39, 0.29) is 48.4 Å². The third kappa shape index (κ3) is 13.7. The van der Waals surface area contributed by atoms with Gasteiger partial charge in [-0.15, -0.1) is 0 Å². The predicted octanol–water partition coefficient (Wildman–Crippen LogP) is 8.00. The SMILES string of the molecule is C=CC(=O)OCCCCCCOc1ccc(OC(=O)[C@H]2CC[C@H](C(=O)Oc3ccc(OC(=O)[C@H]4CC[C@H](C(=O)OC)CC4)c(/C=N/N(CCO)c4nc5ccccc5s4)c3)CC2)cc1. The van der Waals surface area contributed by atoms with Crippen LogP contribution < -0.4 is 24.0 Å². The number of benzene rings is 3. The Bertz CT molecular complexity index is 2210. The topological polar surface area (TPSA) is 189 Å². The number of aliphatic hydroxyl groups is 1. The van der Waals surface area contributed by atoms with Gasteiger partial charge in [0.1, 0.15) is 23.0 Å². The summed E-state index contributed by atoms with van der Waals surface area (Å²) in [4.78, 5) is 67.8. The molecular formula is C48H55N3O12S. The lowest BCUT2D eigenvalue weighted by Crippen LogP contribution is -2.30. The Balaban J connectivity index is 1.02. The number of hydrazone groups is 1. The fourth-order valence-electron chi connectivity index (χ4n) is 7.65. The van der Waals surface area contributed by atoms with E-state index in [1.165, 1.54) is 24.7 Å². The minimum absolute atomic E-state index is 0.142. The summed E-state index contributed by atoms with van der Waals surface area (Å²) in [7, 11) is 1.36. The standard InChI is InChI=1S/C48H55N3O12S/c1-3-43(53)60-29-9-5-4-8-28-59-37-20-22-38(23-21-37)61-45(55)33-16-18-34(19-17-33)46(56)62-39-24-25-41(63-47(57)35-14-12-32(13-15-35)44(54)58-2)36(30-39)31-49-51(26-27-52)48-50-40-10-6-7-11-42(40)64-48/h3,6-7,10-11,20-25,30-35,52H,1,4-5,8-9,12-19,26-29H2,2H3/b49-31+/t32-,33-,34-,35-. The average molecular weight is 898 g/mol. The van der Waals surface area contributed by atoms with Crippen LogP contribution in [0.1, 0.15) is 82.6 Å². The van der Waals surface area contributed by atoms with Crippen molar-refractivity contribution in [1.29, 1.82) is 0 Å². The molecule has 6 rings (SSSR count). The van der Waals surface area contributed by atoms with Gasteiger partial charge >= 0.3 is 29.8 Å². The van der Waals surface area contributed by atoms with Crippen molar-refractivity contribution in [2.45, 2.75) is 77.0 Å². The Labute approximate surface area is 376 Å². The van der Waals surface area contributed by atoms with E-state index >= 15 is 0 Å². The number of hydrogen-bond donors (Lipinski definition) is 1. The van der Waals surface area contributed by atoms with Crippen molar-refractivity contribution in [2.75, 3.05) is 38.5 Å². The summed E-state index contributed by atoms with van der Waals surface area (Å²) in [6.45, 7) is 4.23. The molecule has 3 aromatic carbocycles. The highest BCUT2D eigenvalue weighted by molar-refractivity contribution is 7.22. The second-order valence-corrected chi connectivity index (χ2v) is 16.8. The van der Waals surface area contributed by atoms with E-state index in [1.54, 1.807) is 47.5 Å². The first-order valence-electron chi connectivity index (χ1n) is 21.8. The highest BCUT2D eigenvalue weighted by Gasteiger charge is 2.34. The summed E-state index contributed by atoms with van der Waals surface area (Å²) in [6, 6.07) is 19.2. The van der Waals surface area contributed by atoms with Crippen LogP contribution in [0.2, 0.25) is 0 Å². The Morgan fingerprint density at radius 3 is 1.91 bits per heavy atom. The maximum Gasteiger partial charge on any atom is 0.330 e. The Morgan fingerprint density at radius 1 is 0.734 bits per heavy atom. The molecule has 15 nitrogen and oxygen atoms in total. The Hall–Kier alpha value is -6.13. The number of aromatic nitrogens is 1. The minimum Gasteiger partial charge on any atom is -0.494 e. The van der Waals surface area contributed by atoms with Gasteiger partial charge in [-0.3, -0.25) is 19.2 Å². The van der Waals surface area contributed by atoms with Gasteiger partial charge < -0.3 is 33.5 Å². The number of ether oxygens (including phenoxy) is 6. The van der Waals surface area contributed by atoms with Crippen LogP contribution in [0.4, 0.5) is 5.13 Å². The van der Waals surface area contributed by atoms with Gasteiger partial charge in [-0.2, -0.15) is 5.10 Å². The Morgan fingerprint density at radius 2 is 1.30 bits per heavy atom. The molecule has 1 heterocycles. The van der Waals surface area contributed by atoms with Crippen LogP contribution >= 0.6 is 11.3 Å². The molecule has 2 aliphatic carbocycles. The van der Waals surface area contributed by atoms with E-state index in [1.807, 2.05) is 24.3 Å². The lowest BCUT2D eigenvalue weighted by atomic mass is 9.82. The van der Waals surface area contributed by atoms with Crippen molar-refractivity contribution in [3.05, 3.63) is 84.9 Å². The summed E-state index contributed by atoms with van der Waals surface area (Å²) < 4.78 is 34.1. The maximum atomic E-state index is 13.5. The number of esters is 5. The molecule has 1 aromatic heterocycles. The van der Waals surface area contributed by atoms with E-state index in [4.69, 9.17) is 28.4 Å². The van der Waals surface area contributed by atoms with Gasteiger partial charge in [0.2, 0.25) is 5.13 Å². The smallest absolute Gasteiger partial charge is 0.330 e. The van der Waals surface area contributed by atoms with Crippen molar-refractivity contribution >= 4 is 62.7 Å². The zero-order valence-corrected chi connectivity index (χ0v) is 36.8. The van der Waals surface area contributed by atoms with Gasteiger partial charge in [0.25, 0.3) is 0 Å². The van der Waals surface area contributed by atoms with E-state index < -0.39 is 29.7 Å². The van der Waals surface area contributed by atoms with Crippen LogP contribution in [-0.2, 0) is 33.4 Å². The molecule has 2 fully saturated rings. The number of fused-ring (bicyclic) bond motifs is 1. The number of methoxy groups -OCH3 is 1. The average Bonchev–Trinajstić information content (AvgIpc) is 3.76. The molecule has 0 radical (unpaired) electrons. The molecule has 0 bridgehead atoms. The van der Waals surface area contributed by atoms with Gasteiger partial charge in [-0.05, 0) is 132 Å². The first-order valence-corrected chi connectivity index (χ1v) is 22.6. The van der Waals surface area contributed by atoms with Crippen LogP contribution in [0, 0.1) is 23.7 Å². The van der Waals surface area contributed by atoms with Crippen LogP contribution in [0.25, 0.3) is 10.2 Å². The van der Waals surface area contributed by atoms with Crippen LogP contribution in [-0.4, -0.2) is 79.6 Å². The minimum atomic E-state index is -0.442. The zero-order chi connectivity index (χ0) is 45.3. The molecule has 4 aromatic rings.